The van der Waals surface area contributed by atoms with Crippen LogP contribution in [0.4, 0.5) is 0 Å². The Hall–Kier alpha value is -0.369. The molecule has 0 saturated carbocycles. The Morgan fingerprint density at radius 3 is 2.25 bits per heavy atom. The van der Waals surface area contributed by atoms with Crippen molar-refractivity contribution in [1.82, 2.24) is 0 Å². The van der Waals surface area contributed by atoms with Gasteiger partial charge in [0.05, 0.1) is 0 Å². The second kappa shape index (κ2) is 6.41. The molecule has 1 aromatic carbocycles. The molecule has 0 saturated heterocycles. The number of hydrogen-bond acceptors (Lipinski definition) is 0. The van der Waals surface area contributed by atoms with Gasteiger partial charge in [0.25, 0.3) is 0 Å². The van der Waals surface area contributed by atoms with E-state index in [0.29, 0.717) is 3.72 Å². The van der Waals surface area contributed by atoms with Crippen molar-refractivity contribution in [1.29, 1.82) is 0 Å². The third kappa shape index (κ3) is 2.98. The van der Waals surface area contributed by atoms with E-state index < -0.39 is 24.7 Å². The van der Waals surface area contributed by atoms with Gasteiger partial charge in [-0.15, -0.1) is 0 Å². The second-order valence-electron chi connectivity index (χ2n) is 9.62. The molecule has 1 unspecified atom stereocenters. The molecule has 2 aliphatic rings. The van der Waals surface area contributed by atoms with Gasteiger partial charge in [0.1, 0.15) is 0 Å². The van der Waals surface area contributed by atoms with Crippen LogP contribution in [0.1, 0.15) is 32.6 Å². The minimum atomic E-state index is -1.96. The average Bonchev–Trinajstić information content (AvgIpc) is 2.81. The summed E-state index contributed by atoms with van der Waals surface area (Å²) in [6, 6.07) is 12.8. The number of hydrogen-bond donors (Lipinski definition) is 0. The molecule has 2 aliphatic carbocycles. The molecule has 24 heavy (non-hydrogen) atoms. The Morgan fingerprint density at radius 2 is 1.62 bits per heavy atom. The topological polar surface area (TPSA) is 0 Å². The molecule has 0 aliphatic heterocycles. The Kier molecular flexibility index (Phi) is 4.92. The monoisotopic (exact) mass is 374 g/mol. The average molecular weight is 374 g/mol. The quantitative estimate of drug-likeness (QED) is 0.503. The summed E-state index contributed by atoms with van der Waals surface area (Å²) in [5, 5.41) is 9.63. The van der Waals surface area contributed by atoms with Crippen molar-refractivity contribution >= 4 is 13.3 Å². The summed E-state index contributed by atoms with van der Waals surface area (Å²) >= 11 is -1.96. The predicted molar refractivity (Wildman–Crippen MR) is 108 cm³/mol. The first-order valence-electron chi connectivity index (χ1n) is 9.65. The van der Waals surface area contributed by atoms with Gasteiger partial charge in [-0.2, -0.15) is 0 Å². The van der Waals surface area contributed by atoms with Gasteiger partial charge in [-0.05, 0) is 0 Å². The van der Waals surface area contributed by atoms with Gasteiger partial charge >= 0.3 is 154 Å². The summed E-state index contributed by atoms with van der Waals surface area (Å²) in [5.41, 5.74) is 5.34. The fourth-order valence-corrected chi connectivity index (χ4v) is 17.4. The molecule has 0 nitrogen and oxygen atoms in total. The van der Waals surface area contributed by atoms with Crippen molar-refractivity contribution in [2.75, 3.05) is 0 Å². The normalized spacial score (nSPS) is 24.8. The Morgan fingerprint density at radius 1 is 1.00 bits per heavy atom. The van der Waals surface area contributed by atoms with E-state index in [4.69, 9.17) is 0 Å². The third-order valence-corrected chi connectivity index (χ3v) is 15.9. The molecule has 0 spiro atoms. The maximum atomic E-state index is 2.66. The van der Waals surface area contributed by atoms with E-state index in [0.717, 1.165) is 0 Å². The van der Waals surface area contributed by atoms with E-state index >= 15 is 0 Å². The first-order chi connectivity index (χ1) is 11.2. The van der Waals surface area contributed by atoms with Gasteiger partial charge in [-0.1, -0.05) is 0 Å². The Balaban J connectivity index is 2.09. The summed E-state index contributed by atoms with van der Waals surface area (Å²) in [5.74, 6) is 0. The number of benzene rings is 1. The van der Waals surface area contributed by atoms with E-state index in [1.165, 1.54) is 31.7 Å². The van der Waals surface area contributed by atoms with Crippen LogP contribution in [-0.4, -0.2) is 8.07 Å². The Bertz CT molecular complexity index is 676. The maximum absolute atomic E-state index is 2.66. The molecule has 0 fully saturated rings. The standard InChI is InChI=1S/C19H25Si.3CH3.Ti/c1-15-13-16-9-7-8-12-18(16)19(15)14-20(2,3)17-10-5-4-6-11-17;;;;/h4-6,10-11,13H,7-9,12,14H2,1-3H3;3*1H3;. The van der Waals surface area contributed by atoms with Gasteiger partial charge in [0.2, 0.25) is 0 Å². The molecule has 1 atom stereocenters. The van der Waals surface area contributed by atoms with Crippen molar-refractivity contribution in [3.8, 4) is 0 Å². The van der Waals surface area contributed by atoms with Crippen LogP contribution < -0.4 is 5.19 Å². The van der Waals surface area contributed by atoms with Gasteiger partial charge in [0, 0.05) is 0 Å². The molecule has 130 valence electrons. The third-order valence-electron chi connectivity index (χ3n) is 6.63. The molecule has 0 aromatic heterocycles. The minimum absolute atomic E-state index is 0.460. The van der Waals surface area contributed by atoms with Crippen molar-refractivity contribution in [2.45, 2.75) is 71.2 Å². The van der Waals surface area contributed by atoms with Crippen molar-refractivity contribution in [3.63, 3.8) is 0 Å². The molecule has 1 aromatic rings. The van der Waals surface area contributed by atoms with Crippen molar-refractivity contribution in [3.05, 3.63) is 53.1 Å². The zero-order chi connectivity index (χ0) is 17.6. The molecule has 2 heteroatoms. The SMILES string of the molecule is CC1=CC2=C(CCCC2)[C]1(C[Si](C)(C)c1ccccc1)[Ti]([CH3])([CH3])[CH3]. The van der Waals surface area contributed by atoms with Gasteiger partial charge in [-0.3, -0.25) is 0 Å². The molecule has 0 heterocycles. The molecule has 0 N–H and O–H groups in total. The molecule has 0 bridgehead atoms. The molecular weight excluding hydrogens is 340 g/mol. The van der Waals surface area contributed by atoms with Crippen LogP contribution in [0.15, 0.2) is 53.1 Å². The molecular formula is C22H34SiTi. The van der Waals surface area contributed by atoms with Crippen molar-refractivity contribution in [2.24, 2.45) is 0 Å². The van der Waals surface area contributed by atoms with Crippen LogP contribution in [0.25, 0.3) is 0 Å². The van der Waals surface area contributed by atoms with Crippen LogP contribution in [-0.2, 0) is 16.6 Å². The first-order valence-corrected chi connectivity index (χ1v) is 18.3. The fraction of sp³-hybridized carbons (Fsp3) is 0.545. The number of allylic oxidation sites excluding steroid dienone is 4. The van der Waals surface area contributed by atoms with Gasteiger partial charge in [0.15, 0.2) is 0 Å². The molecule has 0 amide bonds. The molecule has 3 rings (SSSR count). The summed E-state index contributed by atoms with van der Waals surface area (Å²) in [6.45, 7) is 7.67. The zero-order valence-corrected chi connectivity index (χ0v) is 19.1. The van der Waals surface area contributed by atoms with E-state index in [1.54, 1.807) is 16.3 Å². The molecule has 0 radical (unpaired) electrons. The van der Waals surface area contributed by atoms with E-state index in [9.17, 15) is 0 Å². The summed E-state index contributed by atoms with van der Waals surface area (Å²) in [7, 11) is -1.47. The first kappa shape index (κ1) is 18.4. The van der Waals surface area contributed by atoms with Crippen LogP contribution in [0.2, 0.25) is 38.5 Å². The fourth-order valence-electron chi connectivity index (χ4n) is 5.41. The van der Waals surface area contributed by atoms with Crippen LogP contribution in [0.3, 0.4) is 0 Å². The van der Waals surface area contributed by atoms with Crippen LogP contribution in [0.5, 0.6) is 0 Å². The van der Waals surface area contributed by atoms with E-state index in [2.05, 4.69) is 72.1 Å². The van der Waals surface area contributed by atoms with Gasteiger partial charge < -0.3 is 0 Å². The second-order valence-corrected chi connectivity index (χ2v) is 22.7. The van der Waals surface area contributed by atoms with E-state index in [-0.39, 0.29) is 0 Å². The van der Waals surface area contributed by atoms with Crippen molar-refractivity contribution < 1.29 is 16.6 Å². The van der Waals surface area contributed by atoms with Crippen LogP contribution in [0, 0.1) is 0 Å². The van der Waals surface area contributed by atoms with Crippen LogP contribution >= 0.6 is 0 Å². The summed E-state index contributed by atoms with van der Waals surface area (Å²) in [6.07, 6.45) is 8.12. The number of rotatable bonds is 4. The summed E-state index contributed by atoms with van der Waals surface area (Å²) < 4.78 is 0.460. The summed E-state index contributed by atoms with van der Waals surface area (Å²) in [4.78, 5) is 0. The predicted octanol–water partition coefficient (Wildman–Crippen LogP) is 6.89. The Labute approximate surface area is 153 Å². The van der Waals surface area contributed by atoms with Gasteiger partial charge in [-0.25, -0.2) is 0 Å². The zero-order valence-electron chi connectivity index (χ0n) is 16.5. The van der Waals surface area contributed by atoms with E-state index in [1.807, 2.05) is 5.57 Å².